The van der Waals surface area contributed by atoms with Crippen LogP contribution in [0.15, 0.2) is 48.5 Å². The number of benzene rings is 2. The maximum absolute atomic E-state index is 11.7. The van der Waals surface area contributed by atoms with Crippen LogP contribution in [0.4, 0.5) is 15.3 Å². The number of hydrogen-bond donors (Lipinski definition) is 2. The lowest BCUT2D eigenvalue weighted by Crippen LogP contribution is -2.27. The fourth-order valence-corrected chi connectivity index (χ4v) is 1.80. The number of non-ortho nitro benzene ring substituents is 1. The minimum absolute atomic E-state index is 0.0370. The Hall–Kier alpha value is -3.62. The summed E-state index contributed by atoms with van der Waals surface area (Å²) in [6, 6.07) is 11.6. The molecule has 24 heavy (non-hydrogen) atoms. The van der Waals surface area contributed by atoms with Gasteiger partial charge in [-0.15, -0.1) is 0 Å². The number of amides is 2. The predicted octanol–water partition coefficient (Wildman–Crippen LogP) is 2.34. The fraction of sp³-hybridized carbons (Fsp3) is 0.0667. The van der Waals surface area contributed by atoms with Crippen LogP contribution in [0.5, 0.6) is 11.5 Å². The second kappa shape index (κ2) is 7.58. The van der Waals surface area contributed by atoms with Gasteiger partial charge in [-0.2, -0.15) is 0 Å². The largest absolute Gasteiger partial charge is 0.412 e. The van der Waals surface area contributed by atoms with Gasteiger partial charge in [0.25, 0.3) is 5.69 Å². The van der Waals surface area contributed by atoms with Gasteiger partial charge in [-0.25, -0.2) is 9.59 Å². The van der Waals surface area contributed by atoms with E-state index in [9.17, 15) is 19.7 Å². The number of carbonyl (C=O) groups is 2. The number of rotatable bonds is 5. The Labute approximate surface area is 136 Å². The highest BCUT2D eigenvalue weighted by atomic mass is 16.6. The number of para-hydroxylation sites is 1. The number of nitrogens with two attached hydrogens (primary N) is 1. The predicted molar refractivity (Wildman–Crippen MR) is 82.6 cm³/mol. The molecule has 0 unspecified atom stereocenters. The van der Waals surface area contributed by atoms with Crippen LogP contribution in [-0.2, 0) is 6.54 Å². The standard InChI is InChI=1S/C15H13N3O6/c16-14(19)24-13-4-2-1-3-10(13)9-17-15(20)23-12-7-5-11(6-8-12)18(21)22/h1-8H,9H2,(H2,16,19)(H,17,20). The van der Waals surface area contributed by atoms with Crippen molar-refractivity contribution in [1.29, 1.82) is 0 Å². The van der Waals surface area contributed by atoms with Crippen LogP contribution in [0.2, 0.25) is 0 Å². The van der Waals surface area contributed by atoms with Crippen LogP contribution in [0, 0.1) is 10.1 Å². The summed E-state index contributed by atoms with van der Waals surface area (Å²) in [6.07, 6.45) is -1.73. The van der Waals surface area contributed by atoms with Gasteiger partial charge in [-0.1, -0.05) is 18.2 Å². The second-order valence-corrected chi connectivity index (χ2v) is 4.52. The molecule has 9 heteroatoms. The lowest BCUT2D eigenvalue weighted by molar-refractivity contribution is -0.384. The van der Waals surface area contributed by atoms with Gasteiger partial charge in [-0.3, -0.25) is 10.1 Å². The highest BCUT2D eigenvalue weighted by molar-refractivity contribution is 5.71. The molecule has 9 nitrogen and oxygen atoms in total. The Morgan fingerprint density at radius 3 is 2.38 bits per heavy atom. The van der Waals surface area contributed by atoms with E-state index in [1.54, 1.807) is 18.2 Å². The van der Waals surface area contributed by atoms with Crippen molar-refractivity contribution in [3.05, 3.63) is 64.2 Å². The van der Waals surface area contributed by atoms with Crippen molar-refractivity contribution in [3.8, 4) is 11.5 Å². The van der Waals surface area contributed by atoms with Crippen LogP contribution < -0.4 is 20.5 Å². The monoisotopic (exact) mass is 331 g/mol. The summed E-state index contributed by atoms with van der Waals surface area (Å²) in [7, 11) is 0. The molecular formula is C15H13N3O6. The Morgan fingerprint density at radius 1 is 1.08 bits per heavy atom. The van der Waals surface area contributed by atoms with Gasteiger partial charge in [-0.05, 0) is 18.2 Å². The lowest BCUT2D eigenvalue weighted by atomic mass is 10.2. The molecule has 0 bridgehead atoms. The normalized spacial score (nSPS) is 9.83. The first-order valence-electron chi connectivity index (χ1n) is 6.71. The smallest absolute Gasteiger partial charge is 0.410 e. The molecule has 0 aliphatic heterocycles. The summed E-state index contributed by atoms with van der Waals surface area (Å²) in [5, 5.41) is 13.0. The quantitative estimate of drug-likeness (QED) is 0.638. The number of nitro groups is 1. The molecule has 0 radical (unpaired) electrons. The first kappa shape index (κ1) is 16.7. The second-order valence-electron chi connectivity index (χ2n) is 4.52. The highest BCUT2D eigenvalue weighted by Crippen LogP contribution is 2.19. The zero-order valence-electron chi connectivity index (χ0n) is 12.3. The molecule has 0 aliphatic rings. The molecule has 3 N–H and O–H groups in total. The molecule has 0 spiro atoms. The van der Waals surface area contributed by atoms with Crippen molar-refractivity contribution < 1.29 is 24.0 Å². The third kappa shape index (κ3) is 4.70. The molecule has 2 aromatic carbocycles. The molecule has 0 heterocycles. The van der Waals surface area contributed by atoms with Gasteiger partial charge in [0.2, 0.25) is 0 Å². The van der Waals surface area contributed by atoms with Crippen molar-refractivity contribution in [2.45, 2.75) is 6.54 Å². The van der Waals surface area contributed by atoms with E-state index >= 15 is 0 Å². The van der Waals surface area contributed by atoms with Crippen LogP contribution >= 0.6 is 0 Å². The van der Waals surface area contributed by atoms with Crippen molar-refractivity contribution >= 4 is 17.9 Å². The summed E-state index contributed by atoms with van der Waals surface area (Å²) in [5.41, 5.74) is 5.38. The average Bonchev–Trinajstić information content (AvgIpc) is 2.54. The van der Waals surface area contributed by atoms with Gasteiger partial charge in [0.1, 0.15) is 11.5 Å². The molecule has 2 amide bonds. The van der Waals surface area contributed by atoms with Crippen molar-refractivity contribution in [2.75, 3.05) is 0 Å². The summed E-state index contributed by atoms with van der Waals surface area (Å²) in [4.78, 5) is 32.5. The molecule has 0 aromatic heterocycles. The van der Waals surface area contributed by atoms with E-state index in [1.165, 1.54) is 30.3 Å². The molecule has 2 aromatic rings. The maximum Gasteiger partial charge on any atom is 0.412 e. The van der Waals surface area contributed by atoms with E-state index in [1.807, 2.05) is 0 Å². The molecule has 0 atom stereocenters. The van der Waals surface area contributed by atoms with E-state index in [-0.39, 0.29) is 23.7 Å². The zero-order chi connectivity index (χ0) is 17.5. The van der Waals surface area contributed by atoms with Gasteiger partial charge < -0.3 is 20.5 Å². The van der Waals surface area contributed by atoms with E-state index in [0.717, 1.165) is 0 Å². The first-order chi connectivity index (χ1) is 11.5. The minimum atomic E-state index is -0.962. The lowest BCUT2D eigenvalue weighted by Gasteiger charge is -2.10. The van der Waals surface area contributed by atoms with Crippen molar-refractivity contribution in [3.63, 3.8) is 0 Å². The van der Waals surface area contributed by atoms with Crippen LogP contribution in [-0.4, -0.2) is 17.1 Å². The number of nitrogens with zero attached hydrogens (tertiary/aromatic N) is 1. The maximum atomic E-state index is 11.7. The number of ether oxygens (including phenoxy) is 2. The Morgan fingerprint density at radius 2 is 1.75 bits per heavy atom. The minimum Gasteiger partial charge on any atom is -0.410 e. The fourth-order valence-electron chi connectivity index (χ4n) is 1.80. The number of primary amides is 1. The van der Waals surface area contributed by atoms with Crippen LogP contribution in [0.3, 0.4) is 0 Å². The van der Waals surface area contributed by atoms with Crippen molar-refractivity contribution in [2.24, 2.45) is 5.73 Å². The van der Waals surface area contributed by atoms with Gasteiger partial charge in [0, 0.05) is 24.2 Å². The van der Waals surface area contributed by atoms with Gasteiger partial charge in [0.05, 0.1) is 4.92 Å². The highest BCUT2D eigenvalue weighted by Gasteiger charge is 2.10. The summed E-state index contributed by atoms with van der Waals surface area (Å²) in [5.74, 6) is 0.375. The van der Waals surface area contributed by atoms with Crippen LogP contribution in [0.25, 0.3) is 0 Å². The Kier molecular flexibility index (Phi) is 5.29. The zero-order valence-corrected chi connectivity index (χ0v) is 12.3. The average molecular weight is 331 g/mol. The number of nitrogens with one attached hydrogen (secondary N) is 1. The van der Waals surface area contributed by atoms with E-state index in [2.05, 4.69) is 5.32 Å². The molecule has 0 saturated heterocycles. The SMILES string of the molecule is NC(=O)Oc1ccccc1CNC(=O)Oc1ccc([N+](=O)[O-])cc1. The molecule has 0 aliphatic carbocycles. The van der Waals surface area contributed by atoms with E-state index < -0.39 is 17.1 Å². The number of carbonyl (C=O) groups excluding carboxylic acids is 2. The van der Waals surface area contributed by atoms with E-state index in [4.69, 9.17) is 15.2 Å². The third-order valence-electron chi connectivity index (χ3n) is 2.86. The van der Waals surface area contributed by atoms with Gasteiger partial charge >= 0.3 is 12.2 Å². The Balaban J connectivity index is 1.94. The van der Waals surface area contributed by atoms with Crippen LogP contribution in [0.1, 0.15) is 5.56 Å². The third-order valence-corrected chi connectivity index (χ3v) is 2.86. The summed E-state index contributed by atoms with van der Waals surface area (Å²) >= 11 is 0. The van der Waals surface area contributed by atoms with Gasteiger partial charge in [0.15, 0.2) is 0 Å². The first-order valence-corrected chi connectivity index (χ1v) is 6.71. The molecular weight excluding hydrogens is 318 g/mol. The Bertz CT molecular complexity index is 760. The number of nitro benzene ring substituents is 1. The topological polar surface area (TPSA) is 134 Å². The summed E-state index contributed by atoms with van der Waals surface area (Å²) in [6.45, 7) is 0.0370. The van der Waals surface area contributed by atoms with Crippen molar-refractivity contribution in [1.82, 2.24) is 5.32 Å². The summed E-state index contributed by atoms with van der Waals surface area (Å²) < 4.78 is 9.80. The van der Waals surface area contributed by atoms with E-state index in [0.29, 0.717) is 5.56 Å². The molecule has 0 saturated carbocycles. The molecule has 2 rings (SSSR count). The molecule has 0 fully saturated rings. The molecule has 124 valence electrons. The number of hydrogen-bond acceptors (Lipinski definition) is 6.